The van der Waals surface area contributed by atoms with Crippen molar-refractivity contribution in [2.75, 3.05) is 5.32 Å². The van der Waals surface area contributed by atoms with Crippen LogP contribution in [0.15, 0.2) is 23.1 Å². The summed E-state index contributed by atoms with van der Waals surface area (Å²) in [6, 6.07) is 4.63. The lowest BCUT2D eigenvalue weighted by Crippen LogP contribution is -2.23. The Morgan fingerprint density at radius 1 is 1.32 bits per heavy atom. The van der Waals surface area contributed by atoms with E-state index in [1.54, 1.807) is 6.07 Å². The molecule has 8 heteroatoms. The van der Waals surface area contributed by atoms with E-state index in [-0.39, 0.29) is 23.8 Å². The summed E-state index contributed by atoms with van der Waals surface area (Å²) in [5.74, 6) is -0.123. The van der Waals surface area contributed by atoms with Gasteiger partial charge in [-0.2, -0.15) is 5.10 Å². The molecule has 1 aliphatic rings. The van der Waals surface area contributed by atoms with Gasteiger partial charge in [-0.05, 0) is 37.6 Å². The molecule has 0 fully saturated rings. The fourth-order valence-electron chi connectivity index (χ4n) is 2.46. The lowest BCUT2D eigenvalue weighted by atomic mass is 10.2. The molecule has 1 aliphatic heterocycles. The second kappa shape index (κ2) is 5.22. The highest BCUT2D eigenvalue weighted by molar-refractivity contribution is 7.89. The number of hydrogen-bond acceptors (Lipinski definition) is 4. The van der Waals surface area contributed by atoms with Gasteiger partial charge in [-0.1, -0.05) is 0 Å². The van der Waals surface area contributed by atoms with Gasteiger partial charge in [0.25, 0.3) is 0 Å². The number of aromatic nitrogens is 2. The van der Waals surface area contributed by atoms with Crippen LogP contribution in [0.25, 0.3) is 0 Å². The number of nitrogens with one attached hydrogen (secondary N) is 3. The number of aromatic amines is 1. The summed E-state index contributed by atoms with van der Waals surface area (Å²) in [5, 5.41) is 9.54. The van der Waals surface area contributed by atoms with Crippen molar-refractivity contribution in [1.29, 1.82) is 0 Å². The topological polar surface area (TPSA) is 104 Å². The van der Waals surface area contributed by atoms with Crippen molar-refractivity contribution in [3.8, 4) is 0 Å². The van der Waals surface area contributed by atoms with Crippen LogP contribution in [0.3, 0.4) is 0 Å². The number of hydrogen-bond donors (Lipinski definition) is 3. The molecule has 0 aliphatic carbocycles. The molecule has 1 amide bonds. The Hall–Kier alpha value is -2.19. The van der Waals surface area contributed by atoms with Crippen molar-refractivity contribution in [2.45, 2.75) is 31.7 Å². The zero-order valence-corrected chi connectivity index (χ0v) is 13.0. The highest BCUT2D eigenvalue weighted by atomic mass is 32.2. The van der Waals surface area contributed by atoms with Crippen molar-refractivity contribution in [2.24, 2.45) is 0 Å². The number of sulfonamides is 1. The highest BCUT2D eigenvalue weighted by Gasteiger charge is 2.22. The van der Waals surface area contributed by atoms with Crippen molar-refractivity contribution in [3.05, 3.63) is 40.7 Å². The van der Waals surface area contributed by atoms with Gasteiger partial charge in [-0.15, -0.1) is 0 Å². The summed E-state index contributed by atoms with van der Waals surface area (Å²) in [5.41, 5.74) is 3.81. The highest BCUT2D eigenvalue weighted by Crippen LogP contribution is 2.25. The summed E-state index contributed by atoms with van der Waals surface area (Å²) >= 11 is 0. The number of benzene rings is 1. The Kier molecular flexibility index (Phi) is 3.50. The fourth-order valence-corrected chi connectivity index (χ4v) is 3.50. The van der Waals surface area contributed by atoms with Gasteiger partial charge >= 0.3 is 0 Å². The zero-order chi connectivity index (χ0) is 15.9. The number of amides is 1. The van der Waals surface area contributed by atoms with Crippen molar-refractivity contribution in [3.63, 3.8) is 0 Å². The molecule has 3 rings (SSSR count). The van der Waals surface area contributed by atoms with Gasteiger partial charge in [0.2, 0.25) is 15.9 Å². The zero-order valence-electron chi connectivity index (χ0n) is 12.2. The molecule has 0 atom stereocenters. The number of carbonyl (C=O) groups is 1. The summed E-state index contributed by atoms with van der Waals surface area (Å²) in [4.78, 5) is 11.5. The SMILES string of the molecule is Cc1n[nH]c(C)c1CNS(=O)(=O)c1ccc2c(c1)CC(=O)N2. The van der Waals surface area contributed by atoms with Gasteiger partial charge in [-0.25, -0.2) is 13.1 Å². The molecule has 1 aromatic carbocycles. The first-order valence-electron chi connectivity index (χ1n) is 6.80. The van der Waals surface area contributed by atoms with Gasteiger partial charge in [0.05, 0.1) is 17.0 Å². The van der Waals surface area contributed by atoms with Crippen molar-refractivity contribution >= 4 is 21.6 Å². The number of carbonyl (C=O) groups excluding carboxylic acids is 1. The number of fused-ring (bicyclic) bond motifs is 1. The molecule has 2 heterocycles. The van der Waals surface area contributed by atoms with Crippen LogP contribution >= 0.6 is 0 Å². The molecule has 0 saturated heterocycles. The minimum Gasteiger partial charge on any atom is -0.326 e. The van der Waals surface area contributed by atoms with Gasteiger partial charge in [0.1, 0.15) is 0 Å². The Balaban J connectivity index is 1.82. The van der Waals surface area contributed by atoms with Crippen LogP contribution in [0.2, 0.25) is 0 Å². The number of H-pyrrole nitrogens is 1. The van der Waals surface area contributed by atoms with Crippen LogP contribution in [0, 0.1) is 13.8 Å². The first-order valence-corrected chi connectivity index (χ1v) is 8.28. The third-order valence-corrected chi connectivity index (χ3v) is 5.13. The average Bonchev–Trinajstić information content (AvgIpc) is 2.98. The molecule has 0 bridgehead atoms. The van der Waals surface area contributed by atoms with Gasteiger partial charge in [0.15, 0.2) is 0 Å². The van der Waals surface area contributed by atoms with E-state index < -0.39 is 10.0 Å². The van der Waals surface area contributed by atoms with E-state index in [0.717, 1.165) is 17.0 Å². The summed E-state index contributed by atoms with van der Waals surface area (Å²) < 4.78 is 27.3. The minimum atomic E-state index is -3.64. The van der Waals surface area contributed by atoms with Crippen molar-refractivity contribution in [1.82, 2.24) is 14.9 Å². The summed E-state index contributed by atoms with van der Waals surface area (Å²) in [6.07, 6.45) is 0.207. The quantitative estimate of drug-likeness (QED) is 0.781. The summed E-state index contributed by atoms with van der Waals surface area (Å²) in [7, 11) is -3.64. The molecule has 2 aromatic rings. The third kappa shape index (κ3) is 2.62. The molecule has 0 saturated carbocycles. The van der Waals surface area contributed by atoms with Crippen LogP contribution < -0.4 is 10.0 Å². The normalized spacial score (nSPS) is 14.0. The summed E-state index contributed by atoms with van der Waals surface area (Å²) in [6.45, 7) is 3.83. The second-order valence-electron chi connectivity index (χ2n) is 5.28. The van der Waals surface area contributed by atoms with Gasteiger partial charge < -0.3 is 5.32 Å². The Morgan fingerprint density at radius 2 is 2.09 bits per heavy atom. The molecule has 1 aromatic heterocycles. The fraction of sp³-hybridized carbons (Fsp3) is 0.286. The average molecular weight is 320 g/mol. The van der Waals surface area contributed by atoms with E-state index in [4.69, 9.17) is 0 Å². The number of rotatable bonds is 4. The van der Waals surface area contributed by atoms with E-state index in [2.05, 4.69) is 20.2 Å². The molecule has 0 spiro atoms. The van der Waals surface area contributed by atoms with Crippen LogP contribution in [-0.2, 0) is 27.8 Å². The maximum Gasteiger partial charge on any atom is 0.240 e. The molecule has 116 valence electrons. The molecule has 0 unspecified atom stereocenters. The predicted octanol–water partition coefficient (Wildman–Crippen LogP) is 1.000. The van der Waals surface area contributed by atoms with Gasteiger partial charge in [0, 0.05) is 23.5 Å². The van der Waals surface area contributed by atoms with E-state index >= 15 is 0 Å². The van der Waals surface area contributed by atoms with Crippen LogP contribution in [0.4, 0.5) is 5.69 Å². The molecule has 0 radical (unpaired) electrons. The number of nitrogens with zero attached hydrogens (tertiary/aromatic N) is 1. The molecule has 22 heavy (non-hydrogen) atoms. The first-order chi connectivity index (χ1) is 10.4. The van der Waals surface area contributed by atoms with E-state index in [1.165, 1.54) is 12.1 Å². The Bertz CT molecular complexity index is 835. The third-order valence-electron chi connectivity index (χ3n) is 3.73. The molecule has 7 nitrogen and oxygen atoms in total. The van der Waals surface area contributed by atoms with Crippen LogP contribution in [-0.4, -0.2) is 24.5 Å². The lowest BCUT2D eigenvalue weighted by molar-refractivity contribution is -0.115. The van der Waals surface area contributed by atoms with E-state index in [1.807, 2.05) is 13.8 Å². The standard InChI is InChI=1S/C14H16N4O3S/c1-8-12(9(2)18-17-8)7-15-22(20,21)11-3-4-13-10(5-11)6-14(19)16-13/h3-5,15H,6-7H2,1-2H3,(H,16,19)(H,17,18). The van der Waals surface area contributed by atoms with Crippen LogP contribution in [0.5, 0.6) is 0 Å². The van der Waals surface area contributed by atoms with Crippen LogP contribution in [0.1, 0.15) is 22.5 Å². The maximum absolute atomic E-state index is 12.4. The maximum atomic E-state index is 12.4. The smallest absolute Gasteiger partial charge is 0.240 e. The largest absolute Gasteiger partial charge is 0.326 e. The monoisotopic (exact) mass is 320 g/mol. The first kappa shape index (κ1) is 14.7. The molecular weight excluding hydrogens is 304 g/mol. The minimum absolute atomic E-state index is 0.123. The van der Waals surface area contributed by atoms with Gasteiger partial charge in [-0.3, -0.25) is 9.89 Å². The Labute approximate surface area is 128 Å². The van der Waals surface area contributed by atoms with E-state index in [0.29, 0.717) is 11.3 Å². The predicted molar refractivity (Wildman–Crippen MR) is 80.9 cm³/mol. The van der Waals surface area contributed by atoms with E-state index in [9.17, 15) is 13.2 Å². The molecule has 3 N–H and O–H groups in total. The molecular formula is C14H16N4O3S. The number of aryl methyl sites for hydroxylation is 2. The van der Waals surface area contributed by atoms with Crippen molar-refractivity contribution < 1.29 is 13.2 Å². The number of anilines is 1. The lowest BCUT2D eigenvalue weighted by Gasteiger charge is -2.08. The Morgan fingerprint density at radius 3 is 2.77 bits per heavy atom. The second-order valence-corrected chi connectivity index (χ2v) is 7.05.